The Morgan fingerprint density at radius 2 is 1.89 bits per heavy atom. The molecule has 0 aromatic carbocycles. The second kappa shape index (κ2) is 4.38. The fraction of sp³-hybridized carbons (Fsp3) is 0.538. The quantitative estimate of drug-likeness (QED) is 0.835. The van der Waals surface area contributed by atoms with E-state index in [0.717, 1.165) is 12.8 Å². The van der Waals surface area contributed by atoms with Crippen molar-refractivity contribution in [2.45, 2.75) is 43.9 Å². The molecule has 2 aliphatic rings. The first-order valence-electron chi connectivity index (χ1n) is 6.39. The number of hydrogen-bond donors (Lipinski definition) is 2. The maximum absolute atomic E-state index is 12.4. The van der Waals surface area contributed by atoms with Crippen molar-refractivity contribution in [1.29, 1.82) is 0 Å². The van der Waals surface area contributed by atoms with E-state index in [0.29, 0.717) is 12.8 Å². The maximum Gasteiger partial charge on any atom is 0.339 e. The van der Waals surface area contributed by atoms with Gasteiger partial charge in [0.15, 0.2) is 0 Å². The van der Waals surface area contributed by atoms with Crippen LogP contribution in [0.5, 0.6) is 0 Å². The monoisotopic (exact) mass is 265 g/mol. The molecular formula is C13H15NO5. The number of piperidine rings is 1. The van der Waals surface area contributed by atoms with Crippen molar-refractivity contribution in [2.24, 2.45) is 0 Å². The van der Waals surface area contributed by atoms with Crippen LogP contribution in [0.1, 0.15) is 46.6 Å². The third-order valence-electron chi connectivity index (χ3n) is 4.03. The van der Waals surface area contributed by atoms with Crippen molar-refractivity contribution in [1.82, 2.24) is 4.90 Å². The van der Waals surface area contributed by atoms with E-state index in [1.165, 1.54) is 12.3 Å². The summed E-state index contributed by atoms with van der Waals surface area (Å²) in [5, 5.41) is 18.7. The van der Waals surface area contributed by atoms with E-state index in [9.17, 15) is 14.7 Å². The Bertz CT molecular complexity index is 509. The average Bonchev–Trinajstić information content (AvgIpc) is 2.92. The lowest BCUT2D eigenvalue weighted by molar-refractivity contribution is 0.0260. The molecule has 2 saturated heterocycles. The Labute approximate surface area is 109 Å². The number of rotatable bonds is 2. The number of aromatic carboxylic acids is 1. The molecule has 6 nitrogen and oxygen atoms in total. The van der Waals surface area contributed by atoms with Gasteiger partial charge < -0.3 is 19.5 Å². The van der Waals surface area contributed by atoms with E-state index in [4.69, 9.17) is 9.52 Å². The Balaban J connectivity index is 1.89. The van der Waals surface area contributed by atoms with Crippen molar-refractivity contribution in [3.63, 3.8) is 0 Å². The summed E-state index contributed by atoms with van der Waals surface area (Å²) in [7, 11) is 0. The van der Waals surface area contributed by atoms with Gasteiger partial charge in [-0.3, -0.25) is 4.79 Å². The smallest absolute Gasteiger partial charge is 0.339 e. The molecule has 3 rings (SSSR count). The van der Waals surface area contributed by atoms with Crippen LogP contribution in [0.3, 0.4) is 0 Å². The highest BCUT2D eigenvalue weighted by molar-refractivity contribution is 6.03. The number of aliphatic hydroxyl groups is 1. The molecule has 3 heterocycles. The number of carbonyl (C=O) groups is 2. The number of hydrogen-bond acceptors (Lipinski definition) is 4. The highest BCUT2D eigenvalue weighted by Gasteiger charge is 2.44. The van der Waals surface area contributed by atoms with Gasteiger partial charge in [-0.1, -0.05) is 0 Å². The van der Waals surface area contributed by atoms with Gasteiger partial charge in [-0.2, -0.15) is 0 Å². The number of nitrogens with zero attached hydrogens (tertiary/aromatic N) is 1. The summed E-state index contributed by atoms with van der Waals surface area (Å²) in [6, 6.07) is 1.27. The number of aliphatic hydroxyl groups excluding tert-OH is 1. The SMILES string of the molecule is O=C(O)c1ccoc1C(=O)N1C2CCC1CC(O)C2. The number of fused-ring (bicyclic) bond motifs is 2. The Morgan fingerprint density at radius 1 is 1.26 bits per heavy atom. The third-order valence-corrected chi connectivity index (χ3v) is 4.03. The van der Waals surface area contributed by atoms with Crippen molar-refractivity contribution in [3.8, 4) is 0 Å². The number of carboxylic acids is 1. The standard InChI is InChI=1S/C13H15NO5/c15-9-5-7-1-2-8(6-9)14(7)12(16)11-10(13(17)18)3-4-19-11/h3-4,7-9,15H,1-2,5-6H2,(H,17,18). The minimum atomic E-state index is -1.17. The molecule has 0 aliphatic carbocycles. The lowest BCUT2D eigenvalue weighted by Gasteiger charge is -2.36. The van der Waals surface area contributed by atoms with E-state index >= 15 is 0 Å². The molecule has 6 heteroatoms. The molecule has 1 aromatic heterocycles. The third kappa shape index (κ3) is 1.92. The Morgan fingerprint density at radius 3 is 2.47 bits per heavy atom. The van der Waals surface area contributed by atoms with Gasteiger partial charge in [-0.15, -0.1) is 0 Å². The van der Waals surface area contributed by atoms with Crippen LogP contribution in [0.15, 0.2) is 16.7 Å². The van der Waals surface area contributed by atoms with Crippen molar-refractivity contribution < 1.29 is 24.2 Å². The van der Waals surface area contributed by atoms with Crippen molar-refractivity contribution in [2.75, 3.05) is 0 Å². The molecule has 2 bridgehead atoms. The predicted molar refractivity (Wildman–Crippen MR) is 63.9 cm³/mol. The summed E-state index contributed by atoms with van der Waals surface area (Å²) in [5.41, 5.74) is -0.101. The van der Waals surface area contributed by atoms with Crippen molar-refractivity contribution >= 4 is 11.9 Å². The molecule has 1 aromatic rings. The largest absolute Gasteiger partial charge is 0.478 e. The molecule has 0 spiro atoms. The van der Waals surface area contributed by atoms with E-state index in [2.05, 4.69) is 0 Å². The van der Waals surface area contributed by atoms with Gasteiger partial charge in [-0.25, -0.2) is 4.79 Å². The summed E-state index contributed by atoms with van der Waals surface area (Å²) in [4.78, 5) is 25.2. The van der Waals surface area contributed by atoms with Gasteiger partial charge in [0.25, 0.3) is 5.91 Å². The lowest BCUT2D eigenvalue weighted by atomic mass is 9.99. The van der Waals surface area contributed by atoms with Crippen molar-refractivity contribution in [3.05, 3.63) is 23.7 Å². The number of furan rings is 1. The van der Waals surface area contributed by atoms with Gasteiger partial charge in [0.05, 0.1) is 12.4 Å². The van der Waals surface area contributed by atoms with Crippen LogP contribution in [0.2, 0.25) is 0 Å². The first-order valence-corrected chi connectivity index (χ1v) is 6.39. The van der Waals surface area contributed by atoms with Gasteiger partial charge in [0, 0.05) is 12.1 Å². The molecular weight excluding hydrogens is 250 g/mol. The van der Waals surface area contributed by atoms with Crippen LogP contribution < -0.4 is 0 Å². The van der Waals surface area contributed by atoms with E-state index in [1.54, 1.807) is 4.90 Å². The maximum atomic E-state index is 12.4. The minimum Gasteiger partial charge on any atom is -0.478 e. The molecule has 2 aliphatic heterocycles. The van der Waals surface area contributed by atoms with E-state index in [1.807, 2.05) is 0 Å². The first kappa shape index (κ1) is 12.2. The van der Waals surface area contributed by atoms with Gasteiger partial charge in [0.2, 0.25) is 5.76 Å². The van der Waals surface area contributed by atoms with Crippen LogP contribution in [0.25, 0.3) is 0 Å². The molecule has 2 unspecified atom stereocenters. The zero-order valence-corrected chi connectivity index (χ0v) is 10.3. The first-order chi connectivity index (χ1) is 9.08. The molecule has 2 N–H and O–H groups in total. The Kier molecular flexibility index (Phi) is 2.82. The summed E-state index contributed by atoms with van der Waals surface area (Å²) in [6.07, 6.45) is 3.69. The number of amides is 1. The summed E-state index contributed by atoms with van der Waals surface area (Å²) in [6.45, 7) is 0. The average molecular weight is 265 g/mol. The second-order valence-electron chi connectivity index (χ2n) is 5.19. The minimum absolute atomic E-state index is 0.00649. The van der Waals surface area contributed by atoms with Crippen LogP contribution in [-0.4, -0.2) is 45.2 Å². The molecule has 0 radical (unpaired) electrons. The van der Waals surface area contributed by atoms with Gasteiger partial charge in [0.1, 0.15) is 5.56 Å². The summed E-state index contributed by atoms with van der Waals surface area (Å²) < 4.78 is 5.06. The van der Waals surface area contributed by atoms with Gasteiger partial charge >= 0.3 is 5.97 Å². The fourth-order valence-electron chi connectivity index (χ4n) is 3.24. The molecule has 102 valence electrons. The Hall–Kier alpha value is -1.82. The lowest BCUT2D eigenvalue weighted by Crippen LogP contribution is -2.48. The summed E-state index contributed by atoms with van der Waals surface area (Å²) in [5.74, 6) is -1.65. The highest BCUT2D eigenvalue weighted by Crippen LogP contribution is 2.37. The molecule has 0 saturated carbocycles. The molecule has 1 amide bonds. The molecule has 19 heavy (non-hydrogen) atoms. The zero-order chi connectivity index (χ0) is 13.6. The normalized spacial score (nSPS) is 29.5. The fourth-order valence-corrected chi connectivity index (χ4v) is 3.24. The second-order valence-corrected chi connectivity index (χ2v) is 5.19. The van der Waals surface area contributed by atoms with E-state index in [-0.39, 0.29) is 35.4 Å². The topological polar surface area (TPSA) is 91.0 Å². The van der Waals surface area contributed by atoms with Gasteiger partial charge in [-0.05, 0) is 31.7 Å². The van der Waals surface area contributed by atoms with Crippen LogP contribution in [0.4, 0.5) is 0 Å². The molecule has 2 atom stereocenters. The zero-order valence-electron chi connectivity index (χ0n) is 10.3. The van der Waals surface area contributed by atoms with Crippen LogP contribution >= 0.6 is 0 Å². The highest BCUT2D eigenvalue weighted by atomic mass is 16.4. The number of carboxylic acid groups (broad SMARTS) is 1. The summed E-state index contributed by atoms with van der Waals surface area (Å²) >= 11 is 0. The predicted octanol–water partition coefficient (Wildman–Crippen LogP) is 1.11. The van der Waals surface area contributed by atoms with Crippen LogP contribution in [-0.2, 0) is 0 Å². The number of carbonyl (C=O) groups excluding carboxylic acids is 1. The van der Waals surface area contributed by atoms with Crippen LogP contribution in [0, 0.1) is 0 Å². The molecule has 2 fully saturated rings. The van der Waals surface area contributed by atoms with E-state index < -0.39 is 5.97 Å².